The standard InChI is InChI=1S/C12H11N3O3S/c16-11(15-7-19-6-9(15)12(17)18)8-5-14-4-2-1-3-10(14)13-8/h1-5,9H,6-7H2,(H,17,18). The van der Waals surface area contributed by atoms with Crippen molar-refractivity contribution in [3.63, 3.8) is 0 Å². The number of carboxylic acid groups (broad SMARTS) is 1. The number of aliphatic carboxylic acids is 1. The molecule has 1 saturated heterocycles. The number of rotatable bonds is 2. The van der Waals surface area contributed by atoms with Gasteiger partial charge in [0.25, 0.3) is 5.91 Å². The molecule has 1 aliphatic rings. The van der Waals surface area contributed by atoms with Crippen LogP contribution in [0.15, 0.2) is 30.6 Å². The Labute approximate surface area is 113 Å². The van der Waals surface area contributed by atoms with Crippen LogP contribution < -0.4 is 0 Å². The number of imidazole rings is 1. The number of carboxylic acids is 1. The molecule has 0 aliphatic carbocycles. The molecule has 1 unspecified atom stereocenters. The Morgan fingerprint density at radius 2 is 2.26 bits per heavy atom. The van der Waals surface area contributed by atoms with Crippen LogP contribution in [0.2, 0.25) is 0 Å². The van der Waals surface area contributed by atoms with Crippen LogP contribution in [0, 0.1) is 0 Å². The summed E-state index contributed by atoms with van der Waals surface area (Å²) < 4.78 is 1.74. The molecule has 1 amide bonds. The van der Waals surface area contributed by atoms with Gasteiger partial charge in [0, 0.05) is 18.1 Å². The fourth-order valence-corrected chi connectivity index (χ4v) is 3.18. The largest absolute Gasteiger partial charge is 0.480 e. The summed E-state index contributed by atoms with van der Waals surface area (Å²) in [5.74, 6) is -0.485. The topological polar surface area (TPSA) is 74.9 Å². The minimum absolute atomic E-state index is 0.278. The van der Waals surface area contributed by atoms with Gasteiger partial charge >= 0.3 is 5.97 Å². The zero-order chi connectivity index (χ0) is 13.4. The summed E-state index contributed by atoms with van der Waals surface area (Å²) in [6.07, 6.45) is 3.42. The van der Waals surface area contributed by atoms with Gasteiger partial charge in [0.05, 0.1) is 5.88 Å². The summed E-state index contributed by atoms with van der Waals surface area (Å²) in [5.41, 5.74) is 0.949. The minimum Gasteiger partial charge on any atom is -0.480 e. The number of hydrogen-bond donors (Lipinski definition) is 1. The number of hydrogen-bond acceptors (Lipinski definition) is 4. The minimum atomic E-state index is -0.970. The van der Waals surface area contributed by atoms with Gasteiger partial charge < -0.3 is 14.4 Å². The SMILES string of the molecule is O=C(O)C1CSCN1C(=O)c1cn2ccccc2n1. The number of carbonyl (C=O) groups excluding carboxylic acids is 1. The van der Waals surface area contributed by atoms with Crippen molar-refractivity contribution in [2.24, 2.45) is 0 Å². The zero-order valence-electron chi connectivity index (χ0n) is 9.89. The first-order valence-electron chi connectivity index (χ1n) is 5.72. The molecule has 0 spiro atoms. The van der Waals surface area contributed by atoms with Crippen molar-refractivity contribution in [2.75, 3.05) is 11.6 Å². The molecule has 0 saturated carbocycles. The average molecular weight is 277 g/mol. The maximum absolute atomic E-state index is 12.3. The monoisotopic (exact) mass is 277 g/mol. The Morgan fingerprint density at radius 3 is 3.00 bits per heavy atom. The van der Waals surface area contributed by atoms with Crippen LogP contribution >= 0.6 is 11.8 Å². The van der Waals surface area contributed by atoms with E-state index in [9.17, 15) is 9.59 Å². The summed E-state index contributed by atoms with van der Waals surface area (Å²) in [4.78, 5) is 29.0. The number of pyridine rings is 1. The molecular weight excluding hydrogens is 266 g/mol. The van der Waals surface area contributed by atoms with Gasteiger partial charge in [-0.2, -0.15) is 0 Å². The molecular formula is C12H11N3O3S. The van der Waals surface area contributed by atoms with E-state index < -0.39 is 12.0 Å². The lowest BCUT2D eigenvalue weighted by Gasteiger charge is -2.18. The quantitative estimate of drug-likeness (QED) is 0.884. The van der Waals surface area contributed by atoms with E-state index in [1.165, 1.54) is 16.7 Å². The second kappa shape index (κ2) is 4.58. The first kappa shape index (κ1) is 12.0. The van der Waals surface area contributed by atoms with Crippen molar-refractivity contribution in [3.05, 3.63) is 36.3 Å². The Morgan fingerprint density at radius 1 is 1.42 bits per heavy atom. The summed E-state index contributed by atoms with van der Waals surface area (Å²) >= 11 is 1.44. The van der Waals surface area contributed by atoms with Gasteiger partial charge in [-0.05, 0) is 12.1 Å². The molecule has 1 fully saturated rings. The fraction of sp³-hybridized carbons (Fsp3) is 0.250. The molecule has 1 N–H and O–H groups in total. The molecule has 3 rings (SSSR count). The first-order chi connectivity index (χ1) is 9.16. The van der Waals surface area contributed by atoms with E-state index in [0.717, 1.165) is 0 Å². The maximum Gasteiger partial charge on any atom is 0.327 e. The number of carbonyl (C=O) groups is 2. The van der Waals surface area contributed by atoms with Crippen molar-refractivity contribution >= 4 is 29.3 Å². The smallest absolute Gasteiger partial charge is 0.327 e. The number of amides is 1. The number of thioether (sulfide) groups is 1. The summed E-state index contributed by atoms with van der Waals surface area (Å²) in [6.45, 7) is 0. The fourth-order valence-electron chi connectivity index (χ4n) is 2.03. The van der Waals surface area contributed by atoms with E-state index >= 15 is 0 Å². The molecule has 0 bridgehead atoms. The lowest BCUT2D eigenvalue weighted by molar-refractivity contribution is -0.140. The van der Waals surface area contributed by atoms with Gasteiger partial charge in [-0.3, -0.25) is 4.79 Å². The molecule has 7 heteroatoms. The van der Waals surface area contributed by atoms with Gasteiger partial charge in [-0.1, -0.05) is 6.07 Å². The third kappa shape index (κ3) is 2.06. The maximum atomic E-state index is 12.3. The van der Waals surface area contributed by atoms with Crippen LogP contribution in [0.3, 0.4) is 0 Å². The highest BCUT2D eigenvalue weighted by molar-refractivity contribution is 7.99. The Hall–Kier alpha value is -2.02. The molecule has 2 aromatic rings. The van der Waals surface area contributed by atoms with E-state index in [-0.39, 0.29) is 11.6 Å². The highest BCUT2D eigenvalue weighted by Crippen LogP contribution is 2.23. The van der Waals surface area contributed by atoms with E-state index in [2.05, 4.69) is 4.98 Å². The molecule has 0 aromatic carbocycles. The van der Waals surface area contributed by atoms with Crippen molar-refractivity contribution < 1.29 is 14.7 Å². The highest BCUT2D eigenvalue weighted by atomic mass is 32.2. The van der Waals surface area contributed by atoms with Crippen LogP contribution in [-0.4, -0.2) is 48.9 Å². The van der Waals surface area contributed by atoms with Crippen LogP contribution in [0.5, 0.6) is 0 Å². The van der Waals surface area contributed by atoms with E-state index in [1.54, 1.807) is 22.9 Å². The molecule has 19 heavy (non-hydrogen) atoms. The predicted octanol–water partition coefficient (Wildman–Crippen LogP) is 0.934. The van der Waals surface area contributed by atoms with E-state index in [4.69, 9.17) is 5.11 Å². The molecule has 1 aliphatic heterocycles. The van der Waals surface area contributed by atoms with Gasteiger partial charge in [0.2, 0.25) is 0 Å². The third-order valence-corrected chi connectivity index (χ3v) is 4.02. The van der Waals surface area contributed by atoms with Gasteiger partial charge in [0.1, 0.15) is 17.4 Å². The van der Waals surface area contributed by atoms with Crippen LogP contribution in [0.25, 0.3) is 5.65 Å². The van der Waals surface area contributed by atoms with Crippen molar-refractivity contribution in [1.82, 2.24) is 14.3 Å². The van der Waals surface area contributed by atoms with Crippen molar-refractivity contribution in [1.29, 1.82) is 0 Å². The Kier molecular flexibility index (Phi) is 2.90. The van der Waals surface area contributed by atoms with Crippen LogP contribution in [0.1, 0.15) is 10.5 Å². The summed E-state index contributed by atoms with van der Waals surface area (Å²) in [5, 5.41) is 9.09. The van der Waals surface area contributed by atoms with Crippen molar-refractivity contribution in [3.8, 4) is 0 Å². The second-order valence-corrected chi connectivity index (χ2v) is 5.22. The Balaban J connectivity index is 1.93. The lowest BCUT2D eigenvalue weighted by Crippen LogP contribution is -2.41. The summed E-state index contributed by atoms with van der Waals surface area (Å²) in [7, 11) is 0. The number of fused-ring (bicyclic) bond motifs is 1. The molecule has 1 atom stereocenters. The Bertz CT molecular complexity index is 621. The third-order valence-electron chi connectivity index (χ3n) is 3.01. The van der Waals surface area contributed by atoms with Gasteiger partial charge in [-0.25, -0.2) is 9.78 Å². The predicted molar refractivity (Wildman–Crippen MR) is 70.1 cm³/mol. The van der Waals surface area contributed by atoms with Crippen LogP contribution in [0.4, 0.5) is 0 Å². The summed E-state index contributed by atoms with van der Waals surface area (Å²) in [6, 6.07) is 4.71. The van der Waals surface area contributed by atoms with E-state index in [1.807, 2.05) is 12.1 Å². The first-order valence-corrected chi connectivity index (χ1v) is 6.87. The normalized spacial score (nSPS) is 18.9. The van der Waals surface area contributed by atoms with Gasteiger partial charge in [0.15, 0.2) is 0 Å². The van der Waals surface area contributed by atoms with Gasteiger partial charge in [-0.15, -0.1) is 11.8 Å². The van der Waals surface area contributed by atoms with Crippen molar-refractivity contribution in [2.45, 2.75) is 6.04 Å². The average Bonchev–Trinajstić information content (AvgIpc) is 3.04. The molecule has 3 heterocycles. The zero-order valence-corrected chi connectivity index (χ0v) is 10.7. The molecule has 6 nitrogen and oxygen atoms in total. The van der Waals surface area contributed by atoms with E-state index in [0.29, 0.717) is 17.3 Å². The molecule has 98 valence electrons. The molecule has 0 radical (unpaired) electrons. The highest BCUT2D eigenvalue weighted by Gasteiger charge is 2.35. The lowest BCUT2D eigenvalue weighted by atomic mass is 10.3. The second-order valence-electron chi connectivity index (χ2n) is 4.22. The van der Waals surface area contributed by atoms with Crippen LogP contribution in [-0.2, 0) is 4.79 Å². The number of nitrogens with zero attached hydrogens (tertiary/aromatic N) is 3. The molecule has 2 aromatic heterocycles. The number of aromatic nitrogens is 2.